The Hall–Kier alpha value is -3.76. The fourth-order valence-electron chi connectivity index (χ4n) is 4.03. The zero-order valence-electron chi connectivity index (χ0n) is 20.5. The second-order valence-corrected chi connectivity index (χ2v) is 9.32. The molecule has 4 rings (SSSR count). The molecular formula is C26H24ClN3O6S. The van der Waals surface area contributed by atoms with Crippen LogP contribution in [0.1, 0.15) is 25.5 Å². The molecule has 0 aliphatic carbocycles. The van der Waals surface area contributed by atoms with Gasteiger partial charge in [0.15, 0.2) is 16.7 Å². The average Bonchev–Trinajstić information content (AvgIpc) is 2.88. The van der Waals surface area contributed by atoms with Crippen molar-refractivity contribution in [1.82, 2.24) is 4.90 Å². The fourth-order valence-corrected chi connectivity index (χ4v) is 5.13. The summed E-state index contributed by atoms with van der Waals surface area (Å²) in [6.45, 7) is 3.50. The van der Waals surface area contributed by atoms with Crippen molar-refractivity contribution in [3.05, 3.63) is 75.3 Å². The van der Waals surface area contributed by atoms with Gasteiger partial charge in [0, 0.05) is 22.3 Å². The van der Waals surface area contributed by atoms with Gasteiger partial charge in [-0.2, -0.15) is 0 Å². The normalized spacial score (nSPS) is 16.9. The standard InChI is InChI=1S/C26H24ClN3O6S/c1-5-36-25(33)21-14(2)28-26-30(22(21)17-7-6-8-18(34-3)23(17)35-4)20(31)13-19(37-26)24(32)29-16-11-9-15(27)10-12-16/h6-13,22H,5H2,1-4H3,(H,29,32)/t22-/m1/s1. The predicted octanol–water partition coefficient (Wildman–Crippen LogP) is 4.70. The second-order valence-electron chi connectivity index (χ2n) is 7.88. The number of carbonyl (C=O) groups excluding carboxylic acids is 3. The number of aliphatic imine (C=N–C) groups is 1. The predicted molar refractivity (Wildman–Crippen MR) is 142 cm³/mol. The molecule has 0 spiro atoms. The number of thioether (sulfide) groups is 1. The number of amidine groups is 1. The van der Waals surface area contributed by atoms with E-state index in [0.29, 0.717) is 33.5 Å². The summed E-state index contributed by atoms with van der Waals surface area (Å²) in [6.07, 6.45) is 1.22. The SMILES string of the molecule is CCOC(=O)C1=C(C)N=C2SC(C(=O)Nc3ccc(Cl)cc3)=CC(=O)N2[C@@H]1c1cccc(OC)c1OC. The average molecular weight is 542 g/mol. The topological polar surface area (TPSA) is 107 Å². The Labute approximate surface area is 223 Å². The summed E-state index contributed by atoms with van der Waals surface area (Å²) in [4.78, 5) is 45.6. The summed E-state index contributed by atoms with van der Waals surface area (Å²) in [5.41, 5.74) is 1.58. The number of para-hydroxylation sites is 1. The van der Waals surface area contributed by atoms with E-state index >= 15 is 0 Å². The van der Waals surface area contributed by atoms with Crippen LogP contribution in [-0.2, 0) is 19.1 Å². The van der Waals surface area contributed by atoms with E-state index in [0.717, 1.165) is 11.8 Å². The van der Waals surface area contributed by atoms with Gasteiger partial charge < -0.3 is 19.5 Å². The Morgan fingerprint density at radius 2 is 1.86 bits per heavy atom. The van der Waals surface area contributed by atoms with Crippen molar-refractivity contribution in [2.24, 2.45) is 4.99 Å². The summed E-state index contributed by atoms with van der Waals surface area (Å²) in [7, 11) is 2.98. The third kappa shape index (κ3) is 5.21. The number of carbonyl (C=O) groups is 3. The van der Waals surface area contributed by atoms with Gasteiger partial charge in [0.05, 0.1) is 37.0 Å². The molecule has 192 valence electrons. The largest absolute Gasteiger partial charge is 0.493 e. The minimum Gasteiger partial charge on any atom is -0.493 e. The van der Waals surface area contributed by atoms with E-state index in [9.17, 15) is 14.4 Å². The number of allylic oxidation sites excluding steroid dienone is 1. The maximum absolute atomic E-state index is 13.5. The molecule has 0 saturated carbocycles. The lowest BCUT2D eigenvalue weighted by atomic mass is 9.93. The molecule has 0 aromatic heterocycles. The van der Waals surface area contributed by atoms with Gasteiger partial charge in [-0.3, -0.25) is 14.5 Å². The van der Waals surface area contributed by atoms with Gasteiger partial charge in [0.2, 0.25) is 0 Å². The number of hydrogen-bond donors (Lipinski definition) is 1. The molecule has 2 aromatic rings. The van der Waals surface area contributed by atoms with Crippen LogP contribution in [0, 0.1) is 0 Å². The van der Waals surface area contributed by atoms with Gasteiger partial charge in [-0.25, -0.2) is 9.79 Å². The molecule has 0 fully saturated rings. The molecule has 0 bridgehead atoms. The summed E-state index contributed by atoms with van der Waals surface area (Å²) in [5.74, 6) is -0.815. The fraction of sp³-hybridized carbons (Fsp3) is 0.231. The number of esters is 1. The Morgan fingerprint density at radius 1 is 1.14 bits per heavy atom. The molecule has 2 aromatic carbocycles. The van der Waals surface area contributed by atoms with Gasteiger partial charge in [-0.15, -0.1) is 0 Å². The van der Waals surface area contributed by atoms with Crippen LogP contribution in [0.15, 0.2) is 69.7 Å². The summed E-state index contributed by atoms with van der Waals surface area (Å²) in [6, 6.07) is 10.9. The van der Waals surface area contributed by atoms with Crippen LogP contribution in [0.2, 0.25) is 5.02 Å². The summed E-state index contributed by atoms with van der Waals surface area (Å²) < 4.78 is 16.4. The molecule has 2 amide bonds. The number of ether oxygens (including phenoxy) is 3. The first-order chi connectivity index (χ1) is 17.8. The maximum atomic E-state index is 13.5. The van der Waals surface area contributed by atoms with Crippen molar-refractivity contribution in [3.63, 3.8) is 0 Å². The van der Waals surface area contributed by atoms with Crippen LogP contribution in [0.5, 0.6) is 11.5 Å². The van der Waals surface area contributed by atoms with Crippen molar-refractivity contribution >= 4 is 52.0 Å². The number of methoxy groups -OCH3 is 2. The highest BCUT2D eigenvalue weighted by molar-refractivity contribution is 8.18. The number of halogens is 1. The molecule has 2 heterocycles. The van der Waals surface area contributed by atoms with Gasteiger partial charge >= 0.3 is 5.97 Å². The highest BCUT2D eigenvalue weighted by Gasteiger charge is 2.44. The molecular weight excluding hydrogens is 518 g/mol. The first-order valence-electron chi connectivity index (χ1n) is 11.3. The van der Waals surface area contributed by atoms with E-state index in [4.69, 9.17) is 25.8 Å². The maximum Gasteiger partial charge on any atom is 0.338 e. The van der Waals surface area contributed by atoms with E-state index in [2.05, 4.69) is 10.3 Å². The van der Waals surface area contributed by atoms with E-state index in [1.54, 1.807) is 56.3 Å². The van der Waals surface area contributed by atoms with E-state index < -0.39 is 23.8 Å². The smallest absolute Gasteiger partial charge is 0.338 e. The number of nitrogens with zero attached hydrogens (tertiary/aromatic N) is 2. The van der Waals surface area contributed by atoms with Gasteiger partial charge in [0.25, 0.3) is 11.8 Å². The zero-order chi connectivity index (χ0) is 26.7. The molecule has 0 saturated heterocycles. The highest BCUT2D eigenvalue weighted by atomic mass is 35.5. The molecule has 2 aliphatic heterocycles. The molecule has 1 atom stereocenters. The van der Waals surface area contributed by atoms with E-state index in [1.807, 2.05) is 0 Å². The van der Waals surface area contributed by atoms with Gasteiger partial charge in [-0.1, -0.05) is 23.7 Å². The second kappa shape index (κ2) is 11.1. The number of hydrogen-bond acceptors (Lipinski definition) is 8. The quantitative estimate of drug-likeness (QED) is 0.506. The Balaban J connectivity index is 1.78. The lowest BCUT2D eigenvalue weighted by Crippen LogP contribution is -2.45. The minimum atomic E-state index is -0.922. The van der Waals surface area contributed by atoms with Crippen molar-refractivity contribution in [1.29, 1.82) is 0 Å². The molecule has 0 unspecified atom stereocenters. The zero-order valence-corrected chi connectivity index (χ0v) is 22.1. The number of amides is 2. The lowest BCUT2D eigenvalue weighted by Gasteiger charge is -2.38. The Kier molecular flexibility index (Phi) is 7.89. The highest BCUT2D eigenvalue weighted by Crippen LogP contribution is 2.46. The molecule has 1 N–H and O–H groups in total. The number of benzene rings is 2. The molecule has 2 aliphatic rings. The van der Waals surface area contributed by atoms with Crippen LogP contribution in [0.3, 0.4) is 0 Å². The summed E-state index contributed by atoms with van der Waals surface area (Å²) in [5, 5.41) is 3.53. The van der Waals surface area contributed by atoms with Gasteiger partial charge in [0.1, 0.15) is 6.04 Å². The first kappa shape index (κ1) is 26.3. The van der Waals surface area contributed by atoms with Crippen molar-refractivity contribution < 1.29 is 28.6 Å². The van der Waals surface area contributed by atoms with Crippen LogP contribution >= 0.6 is 23.4 Å². The van der Waals surface area contributed by atoms with Crippen LogP contribution < -0.4 is 14.8 Å². The summed E-state index contributed by atoms with van der Waals surface area (Å²) >= 11 is 6.94. The van der Waals surface area contributed by atoms with E-state index in [-0.39, 0.29) is 22.3 Å². The molecule has 11 heteroatoms. The number of fused-ring (bicyclic) bond motifs is 1. The molecule has 37 heavy (non-hydrogen) atoms. The van der Waals surface area contributed by atoms with Crippen LogP contribution in [-0.4, -0.2) is 48.7 Å². The van der Waals surface area contributed by atoms with Crippen molar-refractivity contribution in [2.75, 3.05) is 26.1 Å². The third-order valence-corrected chi connectivity index (χ3v) is 6.88. The Bertz CT molecular complexity index is 1350. The van der Waals surface area contributed by atoms with Crippen molar-refractivity contribution in [3.8, 4) is 11.5 Å². The Morgan fingerprint density at radius 3 is 2.51 bits per heavy atom. The first-order valence-corrected chi connectivity index (χ1v) is 12.5. The number of anilines is 1. The molecule has 0 radical (unpaired) electrons. The van der Waals surface area contributed by atoms with E-state index in [1.165, 1.54) is 25.2 Å². The van der Waals surface area contributed by atoms with Crippen LogP contribution in [0.25, 0.3) is 0 Å². The van der Waals surface area contributed by atoms with Crippen molar-refractivity contribution in [2.45, 2.75) is 19.9 Å². The van der Waals surface area contributed by atoms with Gasteiger partial charge in [-0.05, 0) is 55.9 Å². The lowest BCUT2D eigenvalue weighted by molar-refractivity contribution is -0.139. The molecule has 9 nitrogen and oxygen atoms in total. The minimum absolute atomic E-state index is 0.145. The third-order valence-electron chi connectivity index (χ3n) is 5.63. The monoisotopic (exact) mass is 541 g/mol. The number of rotatable bonds is 7. The van der Waals surface area contributed by atoms with Crippen LogP contribution in [0.4, 0.5) is 5.69 Å². The number of nitrogens with one attached hydrogen (secondary N) is 1.